The first kappa shape index (κ1) is 15.7. The molecule has 0 bridgehead atoms. The first-order valence-corrected chi connectivity index (χ1v) is 1.49. The van der Waals surface area contributed by atoms with Gasteiger partial charge in [0.25, 0.3) is 0 Å². The number of carboxylic acid groups (broad SMARTS) is 1. The molecule has 0 aliphatic rings. The van der Waals surface area contributed by atoms with Crippen LogP contribution < -0.4 is 0 Å². The molecule has 44 valence electrons. The summed E-state index contributed by atoms with van der Waals surface area (Å²) in [5.41, 5.74) is 0. The van der Waals surface area contributed by atoms with Crippen LogP contribution in [0.3, 0.4) is 0 Å². The minimum Gasteiger partial charge on any atom is -0.481 e. The predicted molar refractivity (Wildman–Crippen MR) is 19.0 cm³/mol. The van der Waals surface area contributed by atoms with Gasteiger partial charge in [0, 0.05) is 60.5 Å². The Labute approximate surface area is 82.2 Å². The predicted octanol–water partition coefficient (Wildman–Crippen LogP) is 0.901. The molecule has 0 atom stereocenters. The molecule has 0 aromatic carbocycles. The van der Waals surface area contributed by atoms with Gasteiger partial charge in [-0.3, -0.25) is 4.79 Å². The van der Waals surface area contributed by atoms with E-state index in [-0.39, 0.29) is 60.5 Å². The minimum atomic E-state index is -0.745. The van der Waals surface area contributed by atoms with Gasteiger partial charge in [-0.1, -0.05) is 6.92 Å². The number of aliphatic carboxylic acids is 1. The van der Waals surface area contributed by atoms with Crippen LogP contribution in [0.4, 0.5) is 4.70 Å². The van der Waals surface area contributed by atoms with Crippen LogP contribution in [0.25, 0.3) is 0 Å². The van der Waals surface area contributed by atoms with Crippen LogP contribution >= 0.6 is 0 Å². The summed E-state index contributed by atoms with van der Waals surface area (Å²) in [5, 5.41) is 7.72. The number of carbonyl (C=O) groups is 1. The van der Waals surface area contributed by atoms with Crippen LogP contribution in [-0.2, 0) is 4.79 Å². The Bertz CT molecular complexity index is 48.2. The van der Waals surface area contributed by atoms with Crippen molar-refractivity contribution in [2.24, 2.45) is 0 Å². The van der Waals surface area contributed by atoms with Gasteiger partial charge in [-0.25, -0.2) is 0 Å². The molecular weight excluding hydrogens is 239 g/mol. The zero-order valence-electron chi connectivity index (χ0n) is 3.82. The van der Waals surface area contributed by atoms with Crippen molar-refractivity contribution in [1.82, 2.24) is 0 Å². The molecule has 2 nitrogen and oxygen atoms in total. The first-order valence-electron chi connectivity index (χ1n) is 1.49. The Morgan fingerprint density at radius 2 is 1.86 bits per heavy atom. The van der Waals surface area contributed by atoms with Crippen molar-refractivity contribution in [3.8, 4) is 0 Å². The number of hydrogen-bond donors (Lipinski definition) is 1. The van der Waals surface area contributed by atoms with E-state index in [2.05, 4.69) is 0 Å². The number of hydrogen-bond acceptors (Lipinski definition) is 1. The van der Waals surface area contributed by atoms with Gasteiger partial charge in [0.05, 0.1) is 0 Å². The molecule has 0 fully saturated rings. The van der Waals surface area contributed by atoms with Crippen molar-refractivity contribution in [2.45, 2.75) is 13.3 Å². The van der Waals surface area contributed by atoms with Gasteiger partial charge in [-0.2, -0.15) is 0 Å². The second-order valence-corrected chi connectivity index (χ2v) is 0.747. The van der Waals surface area contributed by atoms with E-state index in [1.54, 1.807) is 6.92 Å². The second kappa shape index (κ2) is 10.1. The van der Waals surface area contributed by atoms with E-state index in [1.807, 2.05) is 0 Å². The van der Waals surface area contributed by atoms with Gasteiger partial charge >= 0.3 is 5.97 Å². The van der Waals surface area contributed by atoms with Gasteiger partial charge in [-0.05, 0) is 0 Å². The van der Waals surface area contributed by atoms with Crippen molar-refractivity contribution in [3.05, 3.63) is 0 Å². The third kappa shape index (κ3) is 19.5. The molecule has 0 amide bonds. The van der Waals surface area contributed by atoms with Crippen LogP contribution in [0.5, 0.6) is 0 Å². The summed E-state index contributed by atoms with van der Waals surface area (Å²) in [6.45, 7) is 1.60. The van der Waals surface area contributed by atoms with Crippen molar-refractivity contribution < 1.29 is 64.0 Å². The topological polar surface area (TPSA) is 37.3 Å². The molecule has 7 heavy (non-hydrogen) atoms. The van der Waals surface area contributed by atoms with Gasteiger partial charge in [0.1, 0.15) is 0 Å². The third-order valence-corrected chi connectivity index (χ3v) is 0.302. The molecule has 0 heterocycles. The maximum absolute atomic E-state index is 9.37. The van der Waals surface area contributed by atoms with Gasteiger partial charge in [-0.15, -0.1) is 0 Å². The maximum Gasteiger partial charge on any atom is 0.303 e. The first-order chi connectivity index (χ1) is 2.27. The zero-order valence-corrected chi connectivity index (χ0v) is 6.24. The van der Waals surface area contributed by atoms with E-state index in [4.69, 9.17) is 5.11 Å². The average Bonchev–Trinajstić information content (AvgIpc) is 1.38. The minimum absolute atomic E-state index is 0. The van der Waals surface area contributed by atoms with Gasteiger partial charge < -0.3 is 5.11 Å². The Hall–Kier alpha value is 0.984. The summed E-state index contributed by atoms with van der Waals surface area (Å²) in [7, 11) is 0. The molecule has 0 rings (SSSR count). The van der Waals surface area contributed by atoms with E-state index in [1.165, 1.54) is 0 Å². The van der Waals surface area contributed by atoms with Crippen molar-refractivity contribution in [1.29, 1.82) is 0 Å². The smallest absolute Gasteiger partial charge is 0.303 e. The average molecular weight is 245 g/mol. The molecule has 0 aliphatic heterocycles. The van der Waals surface area contributed by atoms with Crippen LogP contribution in [0.1, 0.15) is 13.3 Å². The van der Waals surface area contributed by atoms with E-state index >= 15 is 0 Å². The van der Waals surface area contributed by atoms with Gasteiger partial charge in [0.2, 0.25) is 0 Å². The maximum atomic E-state index is 9.37. The molecule has 0 aromatic rings. The summed E-state index contributed by atoms with van der Waals surface area (Å²) < 4.78 is 0. The fourth-order valence-electron chi connectivity index (χ4n) is 0. The summed E-state index contributed by atoms with van der Waals surface area (Å²) in [6.07, 6.45) is 0.222. The SMILES string of the molecule is CCC(=O)O.[Eu].[F]. The molecule has 0 spiro atoms. The molecule has 0 aliphatic carbocycles. The second-order valence-electron chi connectivity index (χ2n) is 0.747. The van der Waals surface area contributed by atoms with Crippen LogP contribution in [-0.4, -0.2) is 11.1 Å². The monoisotopic (exact) mass is 246 g/mol. The third-order valence-electron chi connectivity index (χ3n) is 0.302. The van der Waals surface area contributed by atoms with Crippen LogP contribution in [0.2, 0.25) is 0 Å². The molecule has 0 saturated carbocycles. The van der Waals surface area contributed by atoms with Crippen LogP contribution in [0, 0.1) is 49.4 Å². The zero-order chi connectivity index (χ0) is 4.28. The van der Waals surface area contributed by atoms with Crippen LogP contribution in [0.15, 0.2) is 0 Å². The van der Waals surface area contributed by atoms with Crippen molar-refractivity contribution in [2.75, 3.05) is 0 Å². The summed E-state index contributed by atoms with van der Waals surface area (Å²) >= 11 is 0. The molecule has 0 unspecified atom stereocenters. The standard InChI is InChI=1S/C3H6O2.Eu.F/c1-2-3(4)5;;/h2H2,1H3,(H,4,5);;. The molecule has 0 saturated heterocycles. The van der Waals surface area contributed by atoms with Gasteiger partial charge in [0.15, 0.2) is 0 Å². The molecule has 2 radical (unpaired) electrons. The number of rotatable bonds is 1. The van der Waals surface area contributed by atoms with Crippen molar-refractivity contribution >= 4 is 5.97 Å². The summed E-state index contributed by atoms with van der Waals surface area (Å²) in [5.74, 6) is -0.745. The summed E-state index contributed by atoms with van der Waals surface area (Å²) in [6, 6.07) is 0. The Kier molecular flexibility index (Phi) is 22.5. The molecule has 0 aromatic heterocycles. The Morgan fingerprint density at radius 1 is 1.71 bits per heavy atom. The quantitative estimate of drug-likeness (QED) is 0.745. The van der Waals surface area contributed by atoms with Crippen molar-refractivity contribution in [3.63, 3.8) is 0 Å². The van der Waals surface area contributed by atoms with E-state index < -0.39 is 5.97 Å². The fraction of sp³-hybridized carbons (Fsp3) is 0.667. The Balaban J connectivity index is -0.0000000800. The van der Waals surface area contributed by atoms with E-state index in [0.29, 0.717) is 0 Å². The molecule has 4 heteroatoms. The normalized spacial score (nSPS) is 5.29. The Morgan fingerprint density at radius 3 is 1.86 bits per heavy atom. The van der Waals surface area contributed by atoms with E-state index in [9.17, 15) is 4.79 Å². The largest absolute Gasteiger partial charge is 0.481 e. The summed E-state index contributed by atoms with van der Waals surface area (Å²) in [4.78, 5) is 9.37. The fourth-order valence-corrected chi connectivity index (χ4v) is 0. The number of carboxylic acids is 1. The molecule has 1 N–H and O–H groups in total. The number of halogens is 1. The van der Waals surface area contributed by atoms with E-state index in [0.717, 1.165) is 0 Å². The molecular formula is C3H6EuFO2.